The van der Waals surface area contributed by atoms with E-state index in [-0.39, 0.29) is 6.03 Å². The second kappa shape index (κ2) is 6.34. The lowest BCUT2D eigenvalue weighted by molar-refractivity contribution is 0.0940. The number of urea groups is 1. The first kappa shape index (κ1) is 14.8. The van der Waals surface area contributed by atoms with Crippen molar-refractivity contribution in [2.45, 2.75) is 12.6 Å². The molecule has 2 fully saturated rings. The molecule has 21 heavy (non-hydrogen) atoms. The van der Waals surface area contributed by atoms with Crippen molar-refractivity contribution in [2.24, 2.45) is 11.8 Å². The van der Waals surface area contributed by atoms with Crippen LogP contribution >= 0.6 is 11.3 Å². The van der Waals surface area contributed by atoms with Crippen LogP contribution in [0.25, 0.3) is 0 Å². The van der Waals surface area contributed by atoms with E-state index in [1.165, 1.54) is 5.56 Å². The molecule has 2 amide bonds. The van der Waals surface area contributed by atoms with Crippen LogP contribution in [0.2, 0.25) is 0 Å². The van der Waals surface area contributed by atoms with E-state index in [0.29, 0.717) is 24.5 Å². The largest absolute Gasteiger partial charge is 0.376 e. The van der Waals surface area contributed by atoms with E-state index in [9.17, 15) is 4.79 Å². The molecule has 6 heteroatoms. The SMILES string of the molecule is CN(C)C(=O)NC[C@@H]1CO[C@@H]2CN(Cc3ccsc3)C[C@H]12. The van der Waals surface area contributed by atoms with E-state index in [4.69, 9.17) is 4.74 Å². The van der Waals surface area contributed by atoms with Crippen molar-refractivity contribution >= 4 is 17.4 Å². The molecule has 1 aromatic heterocycles. The van der Waals surface area contributed by atoms with Gasteiger partial charge in [0.1, 0.15) is 0 Å². The van der Waals surface area contributed by atoms with Crippen molar-refractivity contribution in [3.05, 3.63) is 22.4 Å². The third-order valence-corrected chi connectivity index (χ3v) is 5.15. The summed E-state index contributed by atoms with van der Waals surface area (Å²) in [6.45, 7) is 4.58. The lowest BCUT2D eigenvalue weighted by Crippen LogP contribution is -2.39. The zero-order chi connectivity index (χ0) is 14.8. The fourth-order valence-corrected chi connectivity index (χ4v) is 3.90. The topological polar surface area (TPSA) is 44.8 Å². The summed E-state index contributed by atoms with van der Waals surface area (Å²) in [4.78, 5) is 15.7. The van der Waals surface area contributed by atoms with Crippen molar-refractivity contribution in [3.8, 4) is 0 Å². The molecule has 3 atom stereocenters. The van der Waals surface area contributed by atoms with Gasteiger partial charge in [-0.05, 0) is 22.4 Å². The summed E-state index contributed by atoms with van der Waals surface area (Å²) < 4.78 is 5.93. The van der Waals surface area contributed by atoms with Crippen LogP contribution in [0.15, 0.2) is 16.8 Å². The summed E-state index contributed by atoms with van der Waals surface area (Å²) >= 11 is 1.75. The Kier molecular flexibility index (Phi) is 4.47. The molecule has 2 saturated heterocycles. The standard InChI is InChI=1S/C15H23N3O2S/c1-17(2)15(19)16-5-12-9-20-14-8-18(7-13(12)14)6-11-3-4-21-10-11/h3-4,10,12-14H,5-9H2,1-2H3,(H,16,19)/t12-,13-,14-/m1/s1. The maximum absolute atomic E-state index is 11.6. The van der Waals surface area contributed by atoms with Crippen molar-refractivity contribution in [3.63, 3.8) is 0 Å². The number of fused-ring (bicyclic) bond motifs is 1. The van der Waals surface area contributed by atoms with Gasteiger partial charge in [-0.2, -0.15) is 11.3 Å². The van der Waals surface area contributed by atoms with E-state index >= 15 is 0 Å². The van der Waals surface area contributed by atoms with E-state index in [1.54, 1.807) is 30.3 Å². The van der Waals surface area contributed by atoms with Gasteiger partial charge in [0, 0.05) is 52.1 Å². The summed E-state index contributed by atoms with van der Waals surface area (Å²) in [5.41, 5.74) is 1.39. The van der Waals surface area contributed by atoms with Crippen LogP contribution in [-0.2, 0) is 11.3 Å². The highest BCUT2D eigenvalue weighted by atomic mass is 32.1. The van der Waals surface area contributed by atoms with Crippen molar-refractivity contribution < 1.29 is 9.53 Å². The van der Waals surface area contributed by atoms with Gasteiger partial charge in [0.05, 0.1) is 12.7 Å². The number of hydrogen-bond donors (Lipinski definition) is 1. The van der Waals surface area contributed by atoms with Crippen LogP contribution < -0.4 is 5.32 Å². The summed E-state index contributed by atoms with van der Waals surface area (Å²) in [6.07, 6.45) is 0.338. The van der Waals surface area contributed by atoms with E-state index < -0.39 is 0 Å². The van der Waals surface area contributed by atoms with Crippen LogP contribution in [-0.4, -0.2) is 62.3 Å². The maximum atomic E-state index is 11.6. The molecule has 116 valence electrons. The molecule has 0 aliphatic carbocycles. The highest BCUT2D eigenvalue weighted by Gasteiger charge is 2.43. The number of hydrogen-bond acceptors (Lipinski definition) is 4. The molecule has 0 unspecified atom stereocenters. The third-order valence-electron chi connectivity index (χ3n) is 4.42. The monoisotopic (exact) mass is 309 g/mol. The molecule has 1 N–H and O–H groups in total. The number of ether oxygens (including phenoxy) is 1. The molecular formula is C15H23N3O2S. The average molecular weight is 309 g/mol. The molecule has 0 spiro atoms. The Morgan fingerprint density at radius 3 is 3.10 bits per heavy atom. The Labute approximate surface area is 129 Å². The maximum Gasteiger partial charge on any atom is 0.316 e. The lowest BCUT2D eigenvalue weighted by atomic mass is 9.93. The number of amides is 2. The lowest BCUT2D eigenvalue weighted by Gasteiger charge is -2.20. The summed E-state index contributed by atoms with van der Waals surface area (Å²) in [7, 11) is 3.53. The predicted molar refractivity (Wildman–Crippen MR) is 83.4 cm³/mol. The molecule has 0 saturated carbocycles. The summed E-state index contributed by atoms with van der Waals surface area (Å²) in [5.74, 6) is 0.984. The Hall–Kier alpha value is -1.11. The van der Waals surface area contributed by atoms with Gasteiger partial charge in [-0.1, -0.05) is 0 Å². The number of carbonyl (C=O) groups excluding carboxylic acids is 1. The van der Waals surface area contributed by atoms with Crippen LogP contribution in [0.3, 0.4) is 0 Å². The number of likely N-dealkylation sites (tertiary alicyclic amines) is 1. The second-order valence-corrected chi connectivity index (χ2v) is 6.98. The summed E-state index contributed by atoms with van der Waals surface area (Å²) in [6, 6.07) is 2.17. The number of carbonyl (C=O) groups is 1. The minimum Gasteiger partial charge on any atom is -0.376 e. The molecule has 2 aliphatic rings. The fraction of sp³-hybridized carbons (Fsp3) is 0.667. The molecule has 1 aromatic rings. The highest BCUT2D eigenvalue weighted by Crippen LogP contribution is 2.34. The molecule has 0 radical (unpaired) electrons. The van der Waals surface area contributed by atoms with Gasteiger partial charge >= 0.3 is 6.03 Å². The van der Waals surface area contributed by atoms with Crippen LogP contribution in [0.4, 0.5) is 4.79 Å². The van der Waals surface area contributed by atoms with Gasteiger partial charge in [0.2, 0.25) is 0 Å². The first-order chi connectivity index (χ1) is 10.1. The molecule has 3 rings (SSSR count). The Balaban J connectivity index is 1.50. The van der Waals surface area contributed by atoms with Crippen LogP contribution in [0.5, 0.6) is 0 Å². The Morgan fingerprint density at radius 2 is 2.38 bits per heavy atom. The highest BCUT2D eigenvalue weighted by molar-refractivity contribution is 7.07. The zero-order valence-electron chi connectivity index (χ0n) is 12.6. The Bertz CT molecular complexity index is 477. The number of thiophene rings is 1. The van der Waals surface area contributed by atoms with Gasteiger partial charge in [-0.3, -0.25) is 4.90 Å². The first-order valence-corrected chi connectivity index (χ1v) is 8.38. The van der Waals surface area contributed by atoms with Gasteiger partial charge in [0.25, 0.3) is 0 Å². The van der Waals surface area contributed by atoms with E-state index in [2.05, 4.69) is 27.0 Å². The quantitative estimate of drug-likeness (QED) is 0.916. The molecule has 0 aromatic carbocycles. The average Bonchev–Trinajstić information content (AvgIpc) is 3.14. The number of rotatable bonds is 4. The molecule has 3 heterocycles. The van der Waals surface area contributed by atoms with Crippen molar-refractivity contribution in [1.82, 2.24) is 15.1 Å². The first-order valence-electron chi connectivity index (χ1n) is 7.43. The minimum absolute atomic E-state index is 0.0217. The third kappa shape index (κ3) is 3.39. The van der Waals surface area contributed by atoms with Crippen LogP contribution in [0.1, 0.15) is 5.56 Å². The normalized spacial score (nSPS) is 28.6. The Morgan fingerprint density at radius 1 is 1.52 bits per heavy atom. The zero-order valence-corrected chi connectivity index (χ0v) is 13.4. The van der Waals surface area contributed by atoms with Crippen molar-refractivity contribution in [1.29, 1.82) is 0 Å². The molecule has 5 nitrogen and oxygen atoms in total. The van der Waals surface area contributed by atoms with Crippen LogP contribution in [0, 0.1) is 11.8 Å². The summed E-state index contributed by atoms with van der Waals surface area (Å²) in [5, 5.41) is 7.33. The smallest absolute Gasteiger partial charge is 0.316 e. The minimum atomic E-state index is -0.0217. The van der Waals surface area contributed by atoms with E-state index in [1.807, 2.05) is 0 Å². The molecular weight excluding hydrogens is 286 g/mol. The van der Waals surface area contributed by atoms with Gasteiger partial charge in [-0.25, -0.2) is 4.79 Å². The second-order valence-electron chi connectivity index (χ2n) is 6.20. The van der Waals surface area contributed by atoms with E-state index in [0.717, 1.165) is 26.2 Å². The molecule has 2 aliphatic heterocycles. The number of nitrogens with one attached hydrogen (secondary N) is 1. The number of nitrogens with zero attached hydrogens (tertiary/aromatic N) is 2. The van der Waals surface area contributed by atoms with Gasteiger partial charge < -0.3 is 15.0 Å². The van der Waals surface area contributed by atoms with Gasteiger partial charge in [-0.15, -0.1) is 0 Å². The molecule has 0 bridgehead atoms. The van der Waals surface area contributed by atoms with Crippen molar-refractivity contribution in [2.75, 3.05) is 40.3 Å². The predicted octanol–water partition coefficient (Wildman–Crippen LogP) is 1.47. The van der Waals surface area contributed by atoms with Gasteiger partial charge in [0.15, 0.2) is 0 Å². The fourth-order valence-electron chi connectivity index (χ4n) is 3.24.